The van der Waals surface area contributed by atoms with E-state index in [4.69, 9.17) is 0 Å². The normalized spacial score (nSPS) is 15.7. The molecule has 2 N–H and O–H groups in total. The van der Waals surface area contributed by atoms with Gasteiger partial charge in [-0.15, -0.1) is 0 Å². The van der Waals surface area contributed by atoms with Crippen LogP contribution < -0.4 is 20.4 Å². The van der Waals surface area contributed by atoms with Crippen molar-refractivity contribution in [1.82, 2.24) is 10.6 Å². The summed E-state index contributed by atoms with van der Waals surface area (Å²) in [6.45, 7) is 0. The maximum Gasteiger partial charge on any atom is 0.253 e. The summed E-state index contributed by atoms with van der Waals surface area (Å²) < 4.78 is 0. The Bertz CT molecular complexity index is 1190. The lowest BCUT2D eigenvalue weighted by atomic mass is 9.95. The Labute approximate surface area is 269 Å². The zero-order chi connectivity index (χ0) is 32.0. The van der Waals surface area contributed by atoms with Gasteiger partial charge in [0, 0.05) is 39.0 Å². The molecule has 0 bridgehead atoms. The third-order valence-electron chi connectivity index (χ3n) is 9.43. The highest BCUT2D eigenvalue weighted by Gasteiger charge is 2.23. The van der Waals surface area contributed by atoms with Crippen molar-refractivity contribution in [3.8, 4) is 0 Å². The lowest BCUT2D eigenvalue weighted by Gasteiger charge is -2.25. The van der Waals surface area contributed by atoms with Crippen LogP contribution in [-0.4, -0.2) is 49.8 Å². The first kappa shape index (κ1) is 34.2. The molecule has 4 rings (SSSR count). The van der Waals surface area contributed by atoms with Gasteiger partial charge in [-0.3, -0.25) is 19.2 Å². The van der Waals surface area contributed by atoms with Crippen molar-refractivity contribution < 1.29 is 19.2 Å². The Morgan fingerprint density at radius 2 is 0.911 bits per heavy atom. The van der Waals surface area contributed by atoms with Crippen LogP contribution in [0.1, 0.15) is 130 Å². The molecule has 4 amide bonds. The predicted molar refractivity (Wildman–Crippen MR) is 181 cm³/mol. The number of nitrogens with one attached hydrogen (secondary N) is 2. The molecular formula is C37H52N4O4. The number of rotatable bonds is 14. The molecule has 0 spiro atoms. The molecule has 45 heavy (non-hydrogen) atoms. The molecule has 2 aromatic rings. The largest absolute Gasteiger partial charge is 0.349 e. The molecule has 0 saturated heterocycles. The Hall–Kier alpha value is -3.68. The topological polar surface area (TPSA) is 98.8 Å². The van der Waals surface area contributed by atoms with Gasteiger partial charge < -0.3 is 20.4 Å². The minimum atomic E-state index is -0.108. The second-order valence-electron chi connectivity index (χ2n) is 12.8. The quantitative estimate of drug-likeness (QED) is 0.220. The highest BCUT2D eigenvalue weighted by Crippen LogP contribution is 2.25. The molecule has 0 aromatic heterocycles. The van der Waals surface area contributed by atoms with E-state index in [-0.39, 0.29) is 35.7 Å². The van der Waals surface area contributed by atoms with Crippen LogP contribution in [0, 0.1) is 0 Å². The van der Waals surface area contributed by atoms with Gasteiger partial charge >= 0.3 is 0 Å². The van der Waals surface area contributed by atoms with E-state index in [1.165, 1.54) is 12.8 Å². The van der Waals surface area contributed by atoms with Crippen LogP contribution in [0.25, 0.3) is 0 Å². The second kappa shape index (κ2) is 17.7. The molecule has 0 radical (unpaired) electrons. The summed E-state index contributed by atoms with van der Waals surface area (Å²) in [4.78, 5) is 55.3. The highest BCUT2D eigenvalue weighted by atomic mass is 16.2. The number of hydrogen-bond acceptors (Lipinski definition) is 4. The number of carbonyl (C=O) groups excluding carboxylic acids is 4. The fourth-order valence-electron chi connectivity index (χ4n) is 6.62. The Morgan fingerprint density at radius 3 is 1.31 bits per heavy atom. The first-order chi connectivity index (χ1) is 21.8. The summed E-state index contributed by atoms with van der Waals surface area (Å²) in [5.74, 6) is -0.223. The Kier molecular flexibility index (Phi) is 13.5. The van der Waals surface area contributed by atoms with Crippen molar-refractivity contribution in [1.29, 1.82) is 0 Å². The van der Waals surface area contributed by atoms with Gasteiger partial charge in [-0.05, 0) is 62.8 Å². The molecule has 8 heteroatoms. The van der Waals surface area contributed by atoms with Gasteiger partial charge in [0.05, 0.1) is 22.5 Å². The lowest BCUT2D eigenvalue weighted by molar-refractivity contribution is -0.119. The molecule has 0 atom stereocenters. The maximum atomic E-state index is 13.0. The summed E-state index contributed by atoms with van der Waals surface area (Å²) in [5.41, 5.74) is 2.38. The third kappa shape index (κ3) is 10.2. The number of unbranched alkanes of at least 4 members (excludes halogenated alkanes) is 4. The lowest BCUT2D eigenvalue weighted by Crippen LogP contribution is -2.37. The molecule has 0 aliphatic heterocycles. The van der Waals surface area contributed by atoms with E-state index in [1.54, 1.807) is 36.0 Å². The molecule has 2 aliphatic rings. The zero-order valence-corrected chi connectivity index (χ0v) is 27.3. The predicted octanol–water partition coefficient (Wildman–Crippen LogP) is 7.17. The SMILES string of the molecule is CN(C(=O)CCCCCCCC(=O)N(C)c1ccccc1C(=O)NC1CCCCC1)c1ccccc1C(=O)NC1CCCCC1. The number of para-hydroxylation sites is 2. The van der Waals surface area contributed by atoms with Gasteiger partial charge in [0.15, 0.2) is 0 Å². The monoisotopic (exact) mass is 616 g/mol. The average Bonchev–Trinajstić information content (AvgIpc) is 3.07. The summed E-state index contributed by atoms with van der Waals surface area (Å²) in [5, 5.41) is 6.33. The van der Waals surface area contributed by atoms with Crippen molar-refractivity contribution in [2.24, 2.45) is 0 Å². The molecule has 2 fully saturated rings. The van der Waals surface area contributed by atoms with Crippen molar-refractivity contribution in [2.45, 2.75) is 121 Å². The van der Waals surface area contributed by atoms with Crippen molar-refractivity contribution in [3.05, 3.63) is 59.7 Å². The van der Waals surface area contributed by atoms with Crippen LogP contribution in [0.3, 0.4) is 0 Å². The third-order valence-corrected chi connectivity index (χ3v) is 9.43. The van der Waals surface area contributed by atoms with Gasteiger partial charge in [0.25, 0.3) is 11.8 Å². The van der Waals surface area contributed by atoms with E-state index in [2.05, 4.69) is 10.6 Å². The zero-order valence-electron chi connectivity index (χ0n) is 27.3. The van der Waals surface area contributed by atoms with Gasteiger partial charge in [0.2, 0.25) is 11.8 Å². The maximum absolute atomic E-state index is 13.0. The van der Waals surface area contributed by atoms with Crippen molar-refractivity contribution in [3.63, 3.8) is 0 Å². The van der Waals surface area contributed by atoms with Crippen LogP contribution in [0.2, 0.25) is 0 Å². The van der Waals surface area contributed by atoms with Crippen molar-refractivity contribution >= 4 is 35.0 Å². The van der Waals surface area contributed by atoms with Crippen LogP contribution in [0.5, 0.6) is 0 Å². The first-order valence-corrected chi connectivity index (χ1v) is 17.2. The van der Waals surface area contributed by atoms with E-state index < -0.39 is 0 Å². The Morgan fingerprint density at radius 1 is 0.556 bits per heavy atom. The van der Waals surface area contributed by atoms with Crippen LogP contribution in [0.4, 0.5) is 11.4 Å². The minimum Gasteiger partial charge on any atom is -0.349 e. The van der Waals surface area contributed by atoms with E-state index in [1.807, 2.05) is 36.4 Å². The van der Waals surface area contributed by atoms with Gasteiger partial charge in [0.1, 0.15) is 0 Å². The fourth-order valence-corrected chi connectivity index (χ4v) is 6.62. The Balaban J connectivity index is 1.16. The molecular weight excluding hydrogens is 564 g/mol. The summed E-state index contributed by atoms with van der Waals surface area (Å²) in [6.07, 6.45) is 16.2. The molecule has 0 heterocycles. The van der Waals surface area contributed by atoms with Crippen LogP contribution in [0.15, 0.2) is 48.5 Å². The van der Waals surface area contributed by atoms with Crippen LogP contribution in [-0.2, 0) is 9.59 Å². The number of carbonyl (C=O) groups is 4. The summed E-state index contributed by atoms with van der Waals surface area (Å²) >= 11 is 0. The van der Waals surface area contributed by atoms with Crippen LogP contribution >= 0.6 is 0 Å². The second-order valence-corrected chi connectivity index (χ2v) is 12.8. The highest BCUT2D eigenvalue weighted by molar-refractivity contribution is 6.05. The molecule has 2 aliphatic carbocycles. The van der Waals surface area contributed by atoms with E-state index in [0.29, 0.717) is 35.3 Å². The van der Waals surface area contributed by atoms with Gasteiger partial charge in [-0.1, -0.05) is 82.1 Å². The molecule has 244 valence electrons. The summed E-state index contributed by atoms with van der Waals surface area (Å²) in [7, 11) is 3.49. The van der Waals surface area contributed by atoms with Crippen molar-refractivity contribution in [2.75, 3.05) is 23.9 Å². The van der Waals surface area contributed by atoms with Gasteiger partial charge in [-0.25, -0.2) is 0 Å². The smallest absolute Gasteiger partial charge is 0.253 e. The summed E-state index contributed by atoms with van der Waals surface area (Å²) in [6, 6.07) is 15.1. The fraction of sp³-hybridized carbons (Fsp3) is 0.568. The number of benzene rings is 2. The molecule has 2 aromatic carbocycles. The standard InChI is InChI=1S/C37H52N4O4/c1-40(32-24-16-14-22-30(32)36(44)38-28-18-8-6-9-19-28)34(42)26-12-4-3-5-13-27-35(43)41(2)33-25-17-15-23-31(33)37(45)39-29-20-10-7-11-21-29/h14-17,22-25,28-29H,3-13,18-21,26-27H2,1-2H3,(H,38,44)(H,39,45). The molecule has 2 saturated carbocycles. The van der Waals surface area contributed by atoms with E-state index in [9.17, 15) is 19.2 Å². The number of anilines is 2. The van der Waals surface area contributed by atoms with E-state index >= 15 is 0 Å². The molecule has 0 unspecified atom stereocenters. The molecule has 8 nitrogen and oxygen atoms in total. The first-order valence-electron chi connectivity index (χ1n) is 17.2. The van der Waals surface area contributed by atoms with E-state index in [0.717, 1.165) is 83.5 Å². The van der Waals surface area contributed by atoms with Gasteiger partial charge in [-0.2, -0.15) is 0 Å². The number of hydrogen-bond donors (Lipinski definition) is 2. The number of amides is 4. The average molecular weight is 617 g/mol. The number of nitrogens with zero attached hydrogens (tertiary/aromatic N) is 2. The minimum absolute atomic E-state index is 0.00379.